The van der Waals surface area contributed by atoms with Crippen LogP contribution in [0.4, 0.5) is 10.1 Å². The van der Waals surface area contributed by atoms with Gasteiger partial charge in [0.05, 0.1) is 12.7 Å². The first-order valence-corrected chi connectivity index (χ1v) is 6.00. The zero-order valence-corrected chi connectivity index (χ0v) is 10.9. The van der Waals surface area contributed by atoms with E-state index in [2.05, 4.69) is 5.32 Å². The summed E-state index contributed by atoms with van der Waals surface area (Å²) in [6.45, 7) is 0.300. The van der Waals surface area contributed by atoms with E-state index in [4.69, 9.17) is 9.84 Å². The molecule has 5 heteroatoms. The summed E-state index contributed by atoms with van der Waals surface area (Å²) in [5.41, 5.74) is 1.42. The van der Waals surface area contributed by atoms with Crippen molar-refractivity contribution in [2.75, 3.05) is 12.4 Å². The van der Waals surface area contributed by atoms with Gasteiger partial charge in [0.25, 0.3) is 0 Å². The summed E-state index contributed by atoms with van der Waals surface area (Å²) in [7, 11) is 1.40. The molecule has 2 N–H and O–H groups in total. The molecule has 0 spiro atoms. The van der Waals surface area contributed by atoms with Gasteiger partial charge in [-0.3, -0.25) is 0 Å². The second-order valence-corrected chi connectivity index (χ2v) is 4.17. The molecule has 2 aromatic carbocycles. The summed E-state index contributed by atoms with van der Waals surface area (Å²) in [6.07, 6.45) is 0. The molecule has 0 unspecified atom stereocenters. The normalized spacial score (nSPS) is 10.1. The number of methoxy groups -OCH3 is 1. The van der Waals surface area contributed by atoms with Crippen molar-refractivity contribution >= 4 is 11.7 Å². The monoisotopic (exact) mass is 275 g/mol. The van der Waals surface area contributed by atoms with E-state index in [1.807, 2.05) is 0 Å². The van der Waals surface area contributed by atoms with Crippen LogP contribution in [0.1, 0.15) is 15.9 Å². The maximum absolute atomic E-state index is 13.5. The number of benzene rings is 2. The number of carboxylic acids is 1. The fourth-order valence-electron chi connectivity index (χ4n) is 1.86. The SMILES string of the molecule is COc1ccc(NCc2ccccc2C(=O)O)cc1F. The smallest absolute Gasteiger partial charge is 0.336 e. The first kappa shape index (κ1) is 13.9. The van der Waals surface area contributed by atoms with Crippen molar-refractivity contribution in [3.63, 3.8) is 0 Å². The van der Waals surface area contributed by atoms with Gasteiger partial charge in [0.2, 0.25) is 0 Å². The van der Waals surface area contributed by atoms with Crippen LogP contribution in [-0.4, -0.2) is 18.2 Å². The van der Waals surface area contributed by atoms with Gasteiger partial charge in [0, 0.05) is 18.3 Å². The summed E-state index contributed by atoms with van der Waals surface area (Å²) < 4.78 is 18.4. The number of rotatable bonds is 5. The number of anilines is 1. The van der Waals surface area contributed by atoms with Crippen LogP contribution in [0, 0.1) is 5.82 Å². The van der Waals surface area contributed by atoms with Crippen LogP contribution in [-0.2, 0) is 6.54 Å². The minimum atomic E-state index is -0.983. The first-order valence-electron chi connectivity index (χ1n) is 6.00. The Bertz CT molecular complexity index is 628. The number of carboxylic acid groups (broad SMARTS) is 1. The topological polar surface area (TPSA) is 58.6 Å². The number of aromatic carboxylic acids is 1. The first-order chi connectivity index (χ1) is 9.61. The van der Waals surface area contributed by atoms with Crippen LogP contribution >= 0.6 is 0 Å². The predicted octanol–water partition coefficient (Wildman–Crippen LogP) is 3.14. The van der Waals surface area contributed by atoms with Crippen molar-refractivity contribution < 1.29 is 19.0 Å². The van der Waals surface area contributed by atoms with Crippen molar-refractivity contribution in [2.24, 2.45) is 0 Å². The van der Waals surface area contributed by atoms with Crippen LogP contribution in [0.2, 0.25) is 0 Å². The molecule has 0 aliphatic heterocycles. The van der Waals surface area contributed by atoms with Gasteiger partial charge in [-0.2, -0.15) is 0 Å². The van der Waals surface area contributed by atoms with E-state index in [0.717, 1.165) is 0 Å². The summed E-state index contributed by atoms with van der Waals surface area (Å²) in [5.74, 6) is -1.28. The van der Waals surface area contributed by atoms with Gasteiger partial charge in [0.15, 0.2) is 11.6 Å². The molecule has 0 saturated heterocycles. The number of ether oxygens (including phenoxy) is 1. The van der Waals surface area contributed by atoms with Gasteiger partial charge in [-0.25, -0.2) is 9.18 Å². The second-order valence-electron chi connectivity index (χ2n) is 4.17. The van der Waals surface area contributed by atoms with Crippen molar-refractivity contribution in [1.29, 1.82) is 0 Å². The molecule has 0 heterocycles. The molecule has 4 nitrogen and oxygen atoms in total. The molecule has 0 radical (unpaired) electrons. The maximum Gasteiger partial charge on any atom is 0.336 e. The van der Waals surface area contributed by atoms with E-state index >= 15 is 0 Å². The Labute approximate surface area is 115 Å². The number of carbonyl (C=O) groups is 1. The van der Waals surface area contributed by atoms with E-state index in [0.29, 0.717) is 17.8 Å². The highest BCUT2D eigenvalue weighted by Gasteiger charge is 2.09. The largest absolute Gasteiger partial charge is 0.494 e. The Morgan fingerprint density at radius 2 is 2.05 bits per heavy atom. The summed E-state index contributed by atoms with van der Waals surface area (Å²) in [4.78, 5) is 11.1. The van der Waals surface area contributed by atoms with E-state index in [9.17, 15) is 9.18 Å². The minimum Gasteiger partial charge on any atom is -0.494 e. The third-order valence-electron chi connectivity index (χ3n) is 2.88. The van der Waals surface area contributed by atoms with E-state index in [1.54, 1.807) is 24.3 Å². The molecule has 2 rings (SSSR count). The molecule has 2 aromatic rings. The molecule has 0 amide bonds. The minimum absolute atomic E-state index is 0.168. The number of hydrogen-bond donors (Lipinski definition) is 2. The molecule has 0 bridgehead atoms. The lowest BCUT2D eigenvalue weighted by molar-refractivity contribution is 0.0696. The van der Waals surface area contributed by atoms with Crippen LogP contribution in [0.15, 0.2) is 42.5 Å². The number of halogens is 1. The fourth-order valence-corrected chi connectivity index (χ4v) is 1.86. The highest BCUT2D eigenvalue weighted by atomic mass is 19.1. The Hall–Kier alpha value is -2.56. The molecular weight excluding hydrogens is 261 g/mol. The standard InChI is InChI=1S/C15H14FNO3/c1-20-14-7-6-11(8-13(14)16)17-9-10-4-2-3-5-12(10)15(18)19/h2-8,17H,9H2,1H3,(H,18,19). The zero-order chi connectivity index (χ0) is 14.5. The van der Waals surface area contributed by atoms with Gasteiger partial charge in [-0.1, -0.05) is 18.2 Å². The molecule has 0 atom stereocenters. The third-order valence-corrected chi connectivity index (χ3v) is 2.88. The lowest BCUT2D eigenvalue weighted by Gasteiger charge is -2.10. The molecule has 0 aromatic heterocycles. The van der Waals surface area contributed by atoms with Crippen LogP contribution < -0.4 is 10.1 Å². The van der Waals surface area contributed by atoms with Crippen molar-refractivity contribution in [1.82, 2.24) is 0 Å². The average molecular weight is 275 g/mol. The van der Waals surface area contributed by atoms with Crippen molar-refractivity contribution in [3.05, 3.63) is 59.4 Å². The maximum atomic E-state index is 13.5. The number of hydrogen-bond acceptors (Lipinski definition) is 3. The lowest BCUT2D eigenvalue weighted by atomic mass is 10.1. The highest BCUT2D eigenvalue weighted by molar-refractivity contribution is 5.89. The van der Waals surface area contributed by atoms with Crippen LogP contribution in [0.5, 0.6) is 5.75 Å². The van der Waals surface area contributed by atoms with Crippen LogP contribution in [0.3, 0.4) is 0 Å². The quantitative estimate of drug-likeness (QED) is 0.880. The molecule has 104 valence electrons. The van der Waals surface area contributed by atoms with Gasteiger partial charge >= 0.3 is 5.97 Å². The Kier molecular flexibility index (Phi) is 4.20. The molecule has 0 aliphatic rings. The second kappa shape index (κ2) is 6.06. The van der Waals surface area contributed by atoms with E-state index in [1.165, 1.54) is 25.3 Å². The highest BCUT2D eigenvalue weighted by Crippen LogP contribution is 2.21. The number of nitrogens with one attached hydrogen (secondary N) is 1. The van der Waals surface area contributed by atoms with Gasteiger partial charge in [-0.05, 0) is 23.8 Å². The van der Waals surface area contributed by atoms with E-state index < -0.39 is 11.8 Å². The van der Waals surface area contributed by atoms with E-state index in [-0.39, 0.29) is 11.3 Å². The third kappa shape index (κ3) is 3.06. The van der Waals surface area contributed by atoms with Gasteiger partial charge in [-0.15, -0.1) is 0 Å². The Balaban J connectivity index is 2.13. The summed E-state index contributed by atoms with van der Waals surface area (Å²) in [5, 5.41) is 12.1. The summed E-state index contributed by atoms with van der Waals surface area (Å²) >= 11 is 0. The van der Waals surface area contributed by atoms with Gasteiger partial charge in [0.1, 0.15) is 0 Å². The zero-order valence-electron chi connectivity index (χ0n) is 10.9. The molecular formula is C15H14FNO3. The van der Waals surface area contributed by atoms with Crippen LogP contribution in [0.25, 0.3) is 0 Å². The molecule has 0 fully saturated rings. The Morgan fingerprint density at radius 1 is 1.30 bits per heavy atom. The molecule has 0 saturated carbocycles. The average Bonchev–Trinajstić information content (AvgIpc) is 2.45. The van der Waals surface area contributed by atoms with Crippen molar-refractivity contribution in [3.8, 4) is 5.75 Å². The van der Waals surface area contributed by atoms with Crippen molar-refractivity contribution in [2.45, 2.75) is 6.54 Å². The van der Waals surface area contributed by atoms with Gasteiger partial charge < -0.3 is 15.2 Å². The molecule has 20 heavy (non-hydrogen) atoms. The molecule has 0 aliphatic carbocycles. The lowest BCUT2D eigenvalue weighted by Crippen LogP contribution is -2.07. The predicted molar refractivity (Wildman–Crippen MR) is 73.7 cm³/mol. The fraction of sp³-hybridized carbons (Fsp3) is 0.133. The Morgan fingerprint density at radius 3 is 2.70 bits per heavy atom. The summed E-state index contributed by atoms with van der Waals surface area (Å²) in [6, 6.07) is 11.2.